The summed E-state index contributed by atoms with van der Waals surface area (Å²) in [6, 6.07) is 8.36. The molecule has 0 unspecified atom stereocenters. The molecule has 1 saturated heterocycles. The maximum atomic E-state index is 5.72. The highest BCUT2D eigenvalue weighted by Crippen LogP contribution is 2.31. The van der Waals surface area contributed by atoms with Crippen LogP contribution in [0.25, 0.3) is 0 Å². The van der Waals surface area contributed by atoms with E-state index in [4.69, 9.17) is 9.47 Å². The molecule has 0 spiro atoms. The lowest BCUT2D eigenvalue weighted by molar-refractivity contribution is -0.226. The van der Waals surface area contributed by atoms with Crippen molar-refractivity contribution < 1.29 is 9.47 Å². The summed E-state index contributed by atoms with van der Waals surface area (Å²) in [5.74, 6) is 0. The Morgan fingerprint density at radius 2 is 1.69 bits per heavy atom. The Balaban J connectivity index is 2.03. The van der Waals surface area contributed by atoms with E-state index in [1.807, 2.05) is 0 Å². The lowest BCUT2D eigenvalue weighted by Crippen LogP contribution is -2.33. The number of thioether (sulfide) groups is 1. The second kappa shape index (κ2) is 4.78. The summed E-state index contributed by atoms with van der Waals surface area (Å²) in [6.07, 6.45) is 1.88. The molecule has 2 nitrogen and oxygen atoms in total. The van der Waals surface area contributed by atoms with Gasteiger partial charge in [-0.1, -0.05) is 26.0 Å². The van der Waals surface area contributed by atoms with E-state index in [0.717, 1.165) is 18.8 Å². The van der Waals surface area contributed by atoms with Crippen molar-refractivity contribution in [1.82, 2.24) is 0 Å². The Labute approximate surface area is 101 Å². The average molecular weight is 238 g/mol. The molecule has 0 N–H and O–H groups in total. The Bertz CT molecular complexity index is 335. The smallest absolute Gasteiger partial charge is 0.183 e. The summed E-state index contributed by atoms with van der Waals surface area (Å²) in [6.45, 7) is 5.81. The zero-order valence-electron chi connectivity index (χ0n) is 10.0. The fourth-order valence-electron chi connectivity index (χ4n) is 1.65. The first-order valence-electron chi connectivity index (χ1n) is 5.48. The van der Waals surface area contributed by atoms with E-state index in [9.17, 15) is 0 Å². The van der Waals surface area contributed by atoms with Crippen molar-refractivity contribution in [2.45, 2.75) is 25.0 Å². The van der Waals surface area contributed by atoms with Gasteiger partial charge in [0, 0.05) is 15.9 Å². The summed E-state index contributed by atoms with van der Waals surface area (Å²) in [4.78, 5) is 1.26. The predicted octanol–water partition coefficient (Wildman–Crippen LogP) is 3.48. The predicted molar refractivity (Wildman–Crippen MR) is 66.6 cm³/mol. The molecule has 0 amide bonds. The van der Waals surface area contributed by atoms with E-state index in [-0.39, 0.29) is 11.7 Å². The van der Waals surface area contributed by atoms with Crippen LogP contribution in [0.15, 0.2) is 29.2 Å². The van der Waals surface area contributed by atoms with Crippen LogP contribution in [-0.2, 0) is 9.47 Å². The molecular weight excluding hydrogens is 220 g/mol. The Morgan fingerprint density at radius 3 is 2.19 bits per heavy atom. The molecule has 1 fully saturated rings. The zero-order chi connectivity index (χ0) is 11.6. The fourth-order valence-corrected chi connectivity index (χ4v) is 2.05. The van der Waals surface area contributed by atoms with E-state index in [1.165, 1.54) is 4.90 Å². The van der Waals surface area contributed by atoms with Crippen LogP contribution in [-0.4, -0.2) is 19.5 Å². The minimum atomic E-state index is -0.191. The lowest BCUT2D eigenvalue weighted by Gasteiger charge is -2.34. The van der Waals surface area contributed by atoms with Crippen molar-refractivity contribution in [3.8, 4) is 0 Å². The monoisotopic (exact) mass is 238 g/mol. The highest BCUT2D eigenvalue weighted by atomic mass is 32.2. The van der Waals surface area contributed by atoms with Gasteiger partial charge in [-0.25, -0.2) is 0 Å². The molecule has 1 aromatic rings. The van der Waals surface area contributed by atoms with Gasteiger partial charge in [-0.15, -0.1) is 11.8 Å². The third kappa shape index (κ3) is 2.78. The fraction of sp³-hybridized carbons (Fsp3) is 0.538. The molecule has 1 aromatic carbocycles. The van der Waals surface area contributed by atoms with Crippen molar-refractivity contribution >= 4 is 11.8 Å². The number of rotatable bonds is 2. The topological polar surface area (TPSA) is 18.5 Å². The van der Waals surface area contributed by atoms with E-state index in [1.54, 1.807) is 11.8 Å². The molecular formula is C13H18O2S. The van der Waals surface area contributed by atoms with Crippen molar-refractivity contribution in [3.05, 3.63) is 29.8 Å². The maximum Gasteiger partial charge on any atom is 0.183 e. The molecule has 1 aliphatic rings. The zero-order valence-corrected chi connectivity index (χ0v) is 10.8. The summed E-state index contributed by atoms with van der Waals surface area (Å²) in [7, 11) is 0. The molecule has 16 heavy (non-hydrogen) atoms. The van der Waals surface area contributed by atoms with E-state index < -0.39 is 0 Å². The Kier molecular flexibility index (Phi) is 3.57. The molecule has 0 atom stereocenters. The van der Waals surface area contributed by atoms with Crippen molar-refractivity contribution in [1.29, 1.82) is 0 Å². The van der Waals surface area contributed by atoms with Crippen LogP contribution in [0.2, 0.25) is 0 Å². The van der Waals surface area contributed by atoms with Crippen LogP contribution in [0.1, 0.15) is 25.7 Å². The average Bonchev–Trinajstić information content (AvgIpc) is 2.29. The molecule has 0 radical (unpaired) electrons. The molecule has 1 aliphatic heterocycles. The second-order valence-corrected chi connectivity index (χ2v) is 5.77. The van der Waals surface area contributed by atoms with Gasteiger partial charge in [-0.2, -0.15) is 0 Å². The molecule has 3 heteroatoms. The summed E-state index contributed by atoms with van der Waals surface area (Å²) in [5.41, 5.74) is 1.24. The van der Waals surface area contributed by atoms with Crippen LogP contribution < -0.4 is 0 Å². The third-order valence-corrected chi connectivity index (χ3v) is 3.38. The molecule has 1 heterocycles. The summed E-state index contributed by atoms with van der Waals surface area (Å²) >= 11 is 1.74. The SMILES string of the molecule is CSc1ccc(C2OCC(C)(C)CO2)cc1. The number of hydrogen-bond donors (Lipinski definition) is 0. The van der Waals surface area contributed by atoms with Gasteiger partial charge < -0.3 is 9.47 Å². The minimum Gasteiger partial charge on any atom is -0.348 e. The quantitative estimate of drug-likeness (QED) is 0.735. The van der Waals surface area contributed by atoms with E-state index in [0.29, 0.717) is 0 Å². The van der Waals surface area contributed by atoms with Gasteiger partial charge in [-0.3, -0.25) is 0 Å². The first-order chi connectivity index (χ1) is 7.61. The highest BCUT2D eigenvalue weighted by molar-refractivity contribution is 7.98. The van der Waals surface area contributed by atoms with Crippen LogP contribution >= 0.6 is 11.8 Å². The summed E-state index contributed by atoms with van der Waals surface area (Å²) in [5, 5.41) is 0. The van der Waals surface area contributed by atoms with Gasteiger partial charge in [-0.05, 0) is 18.4 Å². The van der Waals surface area contributed by atoms with Crippen molar-refractivity contribution in [2.75, 3.05) is 19.5 Å². The molecule has 2 rings (SSSR count). The maximum absolute atomic E-state index is 5.72. The van der Waals surface area contributed by atoms with Gasteiger partial charge in [0.2, 0.25) is 0 Å². The Hall–Kier alpha value is -0.510. The van der Waals surface area contributed by atoms with Gasteiger partial charge in [0.05, 0.1) is 13.2 Å². The number of benzene rings is 1. The van der Waals surface area contributed by atoms with Gasteiger partial charge >= 0.3 is 0 Å². The second-order valence-electron chi connectivity index (χ2n) is 4.89. The minimum absolute atomic E-state index is 0.135. The lowest BCUT2D eigenvalue weighted by atomic mass is 9.95. The molecule has 0 saturated carbocycles. The van der Waals surface area contributed by atoms with Crippen LogP contribution in [0.4, 0.5) is 0 Å². The third-order valence-electron chi connectivity index (χ3n) is 2.64. The standard InChI is InChI=1S/C13H18O2S/c1-13(2)8-14-12(15-9-13)10-4-6-11(16-3)7-5-10/h4-7,12H,8-9H2,1-3H3. The molecule has 0 aromatic heterocycles. The van der Waals surface area contributed by atoms with Gasteiger partial charge in [0.1, 0.15) is 0 Å². The number of hydrogen-bond acceptors (Lipinski definition) is 3. The van der Waals surface area contributed by atoms with Crippen LogP contribution in [0.3, 0.4) is 0 Å². The Morgan fingerprint density at radius 1 is 1.12 bits per heavy atom. The molecule has 0 aliphatic carbocycles. The van der Waals surface area contributed by atoms with Crippen LogP contribution in [0.5, 0.6) is 0 Å². The molecule has 0 bridgehead atoms. The van der Waals surface area contributed by atoms with E-state index in [2.05, 4.69) is 44.4 Å². The van der Waals surface area contributed by atoms with Crippen molar-refractivity contribution in [2.24, 2.45) is 5.41 Å². The first-order valence-corrected chi connectivity index (χ1v) is 6.70. The largest absolute Gasteiger partial charge is 0.348 e. The number of ether oxygens (including phenoxy) is 2. The van der Waals surface area contributed by atoms with E-state index >= 15 is 0 Å². The normalized spacial score (nSPS) is 20.9. The van der Waals surface area contributed by atoms with Gasteiger partial charge in [0.15, 0.2) is 6.29 Å². The highest BCUT2D eigenvalue weighted by Gasteiger charge is 2.28. The summed E-state index contributed by atoms with van der Waals surface area (Å²) < 4.78 is 11.4. The van der Waals surface area contributed by atoms with Crippen LogP contribution in [0, 0.1) is 5.41 Å². The van der Waals surface area contributed by atoms with Gasteiger partial charge in [0.25, 0.3) is 0 Å². The van der Waals surface area contributed by atoms with Crippen molar-refractivity contribution in [3.63, 3.8) is 0 Å². The first kappa shape index (κ1) is 12.0. The molecule has 88 valence electrons.